The Labute approximate surface area is 361 Å². The second-order valence-electron chi connectivity index (χ2n) is 14.9. The fraction of sp³-hybridized carbons (Fsp3) is 0.213. The summed E-state index contributed by atoms with van der Waals surface area (Å²) in [5.74, 6) is -0.144. The van der Waals surface area contributed by atoms with Crippen molar-refractivity contribution in [3.63, 3.8) is 0 Å². The number of carbonyl (C=O) groups is 3. The topological polar surface area (TPSA) is 164 Å². The molecule has 61 heavy (non-hydrogen) atoms. The van der Waals surface area contributed by atoms with Gasteiger partial charge in [-0.25, -0.2) is 9.78 Å². The highest BCUT2D eigenvalue weighted by Crippen LogP contribution is 2.41. The van der Waals surface area contributed by atoms with Crippen LogP contribution in [0.15, 0.2) is 108 Å². The van der Waals surface area contributed by atoms with E-state index in [0.717, 1.165) is 33.4 Å². The number of carboxylic acids is 1. The Hall–Kier alpha value is -6.81. The third-order valence-electron chi connectivity index (χ3n) is 10.7. The predicted octanol–water partition coefficient (Wildman–Crippen LogP) is 8.61. The molecule has 2 N–H and O–H groups in total. The Balaban J connectivity index is 0.986. The van der Waals surface area contributed by atoms with Crippen LogP contribution in [0.4, 0.5) is 0 Å². The summed E-state index contributed by atoms with van der Waals surface area (Å²) in [6.45, 7) is 3.81. The number of hydrogen-bond donors (Lipinski definition) is 2. The molecule has 2 amide bonds. The number of nitrogens with zero attached hydrogens (tertiary/aromatic N) is 3. The molecule has 1 unspecified atom stereocenters. The molecule has 0 bridgehead atoms. The number of benzene rings is 5. The molecule has 0 aliphatic carbocycles. The average Bonchev–Trinajstić information content (AvgIpc) is 3.62. The molecule has 6 aromatic rings. The Bertz CT molecular complexity index is 2680. The van der Waals surface area contributed by atoms with Crippen LogP contribution in [0.1, 0.15) is 61.6 Å². The number of fused-ring (bicyclic) bond motifs is 2. The zero-order valence-corrected chi connectivity index (χ0v) is 34.5. The number of hydrogen-bond acceptors (Lipinski definition) is 9. The number of ether oxygens (including phenoxy) is 3. The average molecular weight is 858 g/mol. The van der Waals surface area contributed by atoms with Gasteiger partial charge in [-0.2, -0.15) is 5.26 Å². The van der Waals surface area contributed by atoms with E-state index in [1.807, 2.05) is 66.7 Å². The van der Waals surface area contributed by atoms with Gasteiger partial charge < -0.3 is 34.0 Å². The van der Waals surface area contributed by atoms with Crippen molar-refractivity contribution in [3.8, 4) is 34.4 Å². The van der Waals surface area contributed by atoms with Crippen LogP contribution in [0.5, 0.6) is 17.2 Å². The van der Waals surface area contributed by atoms with Gasteiger partial charge in [-0.15, -0.1) is 0 Å². The molecule has 1 aromatic heterocycles. The van der Waals surface area contributed by atoms with E-state index in [-0.39, 0.29) is 31.7 Å². The van der Waals surface area contributed by atoms with Gasteiger partial charge in [0, 0.05) is 26.3 Å². The number of aryl methyl sites for hydroxylation is 2. The fourth-order valence-electron chi connectivity index (χ4n) is 7.48. The molecule has 308 valence electrons. The summed E-state index contributed by atoms with van der Waals surface area (Å²) in [7, 11) is 0. The van der Waals surface area contributed by atoms with Crippen molar-refractivity contribution in [2.24, 2.45) is 0 Å². The van der Waals surface area contributed by atoms with E-state index in [0.29, 0.717) is 56.7 Å². The van der Waals surface area contributed by atoms with Gasteiger partial charge in [0.15, 0.2) is 29.2 Å². The lowest BCUT2D eigenvalue weighted by atomic mass is 9.91. The number of oxazole rings is 1. The van der Waals surface area contributed by atoms with E-state index in [1.165, 1.54) is 4.90 Å². The number of carbonyl (C=O) groups excluding carboxylic acids is 2. The molecule has 8 rings (SSSR count). The molecule has 0 radical (unpaired) electrons. The third-order valence-corrected chi connectivity index (χ3v) is 11.5. The van der Waals surface area contributed by atoms with Gasteiger partial charge in [-0.1, -0.05) is 77.8 Å². The first-order valence-electron chi connectivity index (χ1n) is 19.4. The number of nitrogens with one attached hydrogen (secondary N) is 1. The van der Waals surface area contributed by atoms with E-state index in [2.05, 4.69) is 16.4 Å². The maximum absolute atomic E-state index is 14.2. The molecule has 0 saturated heterocycles. The minimum absolute atomic E-state index is 0.00189. The van der Waals surface area contributed by atoms with Crippen LogP contribution >= 0.6 is 23.2 Å². The normalized spacial score (nSPS) is 15.9. The molecule has 2 aliphatic heterocycles. The monoisotopic (exact) mass is 856 g/mol. The smallest absolute Gasteiger partial charge is 0.326 e. The number of nitriles is 1. The maximum Gasteiger partial charge on any atom is 0.326 e. The first-order valence-corrected chi connectivity index (χ1v) is 20.2. The standard InChI is InChI=1S/C47H38Cl2N4O8/c1-26-44(51-27(2)60-26)46(55)53-23-35-21-42-41(59-25-43(61-42)33-12-14-36(15-13-33)58-24-30-7-16-37(48)38(49)17-30)20-34(35)19-40(53)45(54)52-39(47(56)57)18-28-3-8-31(9-4-28)32-10-5-29(22-50)6-11-32/h3-17,20-21,39-40,43H,18-19,23-25H2,1-2H3,(H,52,54)(H,56,57)/t39?,40-,43+/m0/s1. The molecule has 2 aliphatic rings. The van der Waals surface area contributed by atoms with Gasteiger partial charge in [-0.3, -0.25) is 9.59 Å². The predicted molar refractivity (Wildman–Crippen MR) is 226 cm³/mol. The van der Waals surface area contributed by atoms with Gasteiger partial charge >= 0.3 is 5.97 Å². The molecule has 3 heterocycles. The van der Waals surface area contributed by atoms with E-state index < -0.39 is 36.0 Å². The molecular weight excluding hydrogens is 819 g/mol. The number of carboxylic acid groups (broad SMARTS) is 1. The SMILES string of the molecule is Cc1nc(C(=O)N2Cc3cc4c(cc3C[C@H]2C(=O)NC(Cc2ccc(-c3ccc(C#N)cc3)cc2)C(=O)O)OC[C@H](c2ccc(OCc3ccc(Cl)c(Cl)c3)cc2)O4)c(C)o1. The van der Waals surface area contributed by atoms with Crippen molar-refractivity contribution in [1.82, 2.24) is 15.2 Å². The molecule has 12 nitrogen and oxygen atoms in total. The molecule has 5 aromatic carbocycles. The van der Waals surface area contributed by atoms with Gasteiger partial charge in [0.1, 0.15) is 36.8 Å². The highest BCUT2D eigenvalue weighted by molar-refractivity contribution is 6.42. The van der Waals surface area contributed by atoms with Crippen LogP contribution in [-0.2, 0) is 35.6 Å². The van der Waals surface area contributed by atoms with Crippen molar-refractivity contribution in [2.45, 2.75) is 58.0 Å². The molecule has 0 fully saturated rings. The van der Waals surface area contributed by atoms with E-state index in [4.69, 9.17) is 47.1 Å². The highest BCUT2D eigenvalue weighted by atomic mass is 35.5. The summed E-state index contributed by atoms with van der Waals surface area (Å²) in [5, 5.41) is 23.0. The van der Waals surface area contributed by atoms with Gasteiger partial charge in [0.05, 0.1) is 21.7 Å². The largest absolute Gasteiger partial charge is 0.489 e. The third kappa shape index (κ3) is 9.04. The van der Waals surface area contributed by atoms with Gasteiger partial charge in [0.2, 0.25) is 5.91 Å². The zero-order chi connectivity index (χ0) is 42.8. The van der Waals surface area contributed by atoms with E-state index in [1.54, 1.807) is 50.2 Å². The summed E-state index contributed by atoms with van der Waals surface area (Å²) in [6.07, 6.45) is -0.351. The van der Waals surface area contributed by atoms with Gasteiger partial charge in [0.25, 0.3) is 5.91 Å². The number of rotatable bonds is 11. The molecule has 0 saturated carbocycles. The van der Waals surface area contributed by atoms with Crippen molar-refractivity contribution in [3.05, 3.63) is 164 Å². The van der Waals surface area contributed by atoms with Crippen molar-refractivity contribution in [2.75, 3.05) is 6.61 Å². The van der Waals surface area contributed by atoms with Crippen LogP contribution in [0.2, 0.25) is 10.0 Å². The first-order chi connectivity index (χ1) is 29.4. The first kappa shape index (κ1) is 40.9. The number of amides is 2. The van der Waals surface area contributed by atoms with E-state index in [9.17, 15) is 19.5 Å². The summed E-state index contributed by atoms with van der Waals surface area (Å²) in [4.78, 5) is 46.6. The Morgan fingerprint density at radius 2 is 1.59 bits per heavy atom. The van der Waals surface area contributed by atoms with Gasteiger partial charge in [-0.05, 0) is 94.4 Å². The lowest BCUT2D eigenvalue weighted by Gasteiger charge is -2.37. The second kappa shape index (κ2) is 17.4. The zero-order valence-electron chi connectivity index (χ0n) is 33.0. The van der Waals surface area contributed by atoms with Crippen molar-refractivity contribution >= 4 is 41.0 Å². The van der Waals surface area contributed by atoms with Crippen LogP contribution in [-0.4, -0.2) is 51.5 Å². The minimum atomic E-state index is -1.29. The molecular formula is C47H38Cl2N4O8. The van der Waals surface area contributed by atoms with Crippen LogP contribution in [0.3, 0.4) is 0 Å². The maximum atomic E-state index is 14.2. The number of aromatic nitrogens is 1. The molecule has 3 atom stereocenters. The van der Waals surface area contributed by atoms with Crippen LogP contribution < -0.4 is 19.5 Å². The van der Waals surface area contributed by atoms with Crippen molar-refractivity contribution < 1.29 is 38.1 Å². The molecule has 14 heteroatoms. The minimum Gasteiger partial charge on any atom is -0.489 e. The quantitative estimate of drug-likeness (QED) is 0.129. The second-order valence-corrected chi connectivity index (χ2v) is 15.7. The summed E-state index contributed by atoms with van der Waals surface area (Å²) >= 11 is 12.2. The van der Waals surface area contributed by atoms with E-state index >= 15 is 0 Å². The number of halogens is 2. The summed E-state index contributed by atoms with van der Waals surface area (Å²) in [5.41, 5.74) is 6.34. The summed E-state index contributed by atoms with van der Waals surface area (Å²) < 4.78 is 24.2. The lowest BCUT2D eigenvalue weighted by molar-refractivity contribution is -0.142. The Kier molecular flexibility index (Phi) is 11.7. The fourth-order valence-corrected chi connectivity index (χ4v) is 7.80. The molecule has 0 spiro atoms. The lowest BCUT2D eigenvalue weighted by Crippen LogP contribution is -2.56. The van der Waals surface area contributed by atoms with Crippen LogP contribution in [0.25, 0.3) is 11.1 Å². The van der Waals surface area contributed by atoms with Crippen molar-refractivity contribution in [1.29, 1.82) is 5.26 Å². The highest BCUT2D eigenvalue weighted by Gasteiger charge is 2.39. The number of aliphatic carboxylic acids is 1. The summed E-state index contributed by atoms with van der Waals surface area (Å²) in [6, 6.07) is 30.7. The Morgan fingerprint density at radius 3 is 2.25 bits per heavy atom. The van der Waals surface area contributed by atoms with Crippen LogP contribution in [0, 0.1) is 25.2 Å². The Morgan fingerprint density at radius 1 is 0.902 bits per heavy atom.